The Morgan fingerprint density at radius 3 is 1.46 bits per heavy atom. The maximum atomic E-state index is 6.22. The quantitative estimate of drug-likeness (QED) is 0.175. The van der Waals surface area contributed by atoms with Crippen LogP contribution in [0.2, 0.25) is 0 Å². The number of hydrogen-bond acceptors (Lipinski definition) is 3. The van der Waals surface area contributed by atoms with Gasteiger partial charge in [-0.15, -0.1) is 0 Å². The van der Waals surface area contributed by atoms with Gasteiger partial charge in [0.15, 0.2) is 5.82 Å². The topological polar surface area (TPSA) is 38.9 Å². The predicted octanol–water partition coefficient (Wildman–Crippen LogP) is 15.3. The molecule has 8 aromatic carbocycles. The van der Waals surface area contributed by atoms with E-state index >= 15 is 0 Å². The van der Waals surface area contributed by atoms with Crippen molar-refractivity contribution in [1.82, 2.24) is 9.97 Å². The lowest BCUT2D eigenvalue weighted by atomic mass is 9.82. The van der Waals surface area contributed by atoms with Crippen LogP contribution in [0.25, 0.3) is 100 Å². The minimum absolute atomic E-state index is 0.0666. The summed E-state index contributed by atoms with van der Waals surface area (Å²) in [6, 6.07) is 65.9. The summed E-state index contributed by atoms with van der Waals surface area (Å²) in [5.74, 6) is 0.685. The van der Waals surface area contributed by atoms with Crippen LogP contribution in [0.4, 0.5) is 0 Å². The third-order valence-corrected chi connectivity index (χ3v) is 13.5. The summed E-state index contributed by atoms with van der Waals surface area (Å²) in [5, 5.41) is 2.16. The highest BCUT2D eigenvalue weighted by molar-refractivity contribution is 6.06. The van der Waals surface area contributed by atoms with Crippen molar-refractivity contribution in [2.75, 3.05) is 0 Å². The Morgan fingerprint density at radius 2 is 0.820 bits per heavy atom. The molecule has 0 N–H and O–H groups in total. The fraction of sp³-hybridized carbons (Fsp3) is 0.103. The maximum Gasteiger partial charge on any atom is 0.160 e. The van der Waals surface area contributed by atoms with E-state index in [1.807, 2.05) is 30.3 Å². The van der Waals surface area contributed by atoms with Crippen molar-refractivity contribution in [2.24, 2.45) is 0 Å². The Kier molecular flexibility index (Phi) is 7.62. The summed E-state index contributed by atoms with van der Waals surface area (Å²) in [6.45, 7) is 9.36. The number of benzene rings is 8. The van der Waals surface area contributed by atoms with Crippen molar-refractivity contribution < 1.29 is 4.42 Å². The van der Waals surface area contributed by atoms with E-state index in [-0.39, 0.29) is 10.8 Å². The summed E-state index contributed by atoms with van der Waals surface area (Å²) in [4.78, 5) is 10.6. The highest BCUT2D eigenvalue weighted by atomic mass is 16.3. The molecule has 2 heterocycles. The number of fused-ring (bicyclic) bond motifs is 9. The standard InChI is InChI=1S/C58H42N2O/c1-57(2)48-19-11-8-16-42(48)45-31-36(22-25-50(45)57)39-28-40(37-23-26-51-46(32-37)43-17-9-12-20-49(43)58(51,3)4)30-41(29-39)53-34-52(59-56(60-53)35-14-6-5-7-15-35)38-24-27-55-47(33-38)44-18-10-13-21-54(44)61-55/h5-34H,1-4H3. The van der Waals surface area contributed by atoms with E-state index in [1.54, 1.807) is 0 Å². The lowest BCUT2D eigenvalue weighted by Crippen LogP contribution is -2.14. The molecule has 0 saturated heterocycles. The molecule has 0 unspecified atom stereocenters. The van der Waals surface area contributed by atoms with Crippen molar-refractivity contribution in [3.05, 3.63) is 204 Å². The van der Waals surface area contributed by atoms with Gasteiger partial charge in [0.25, 0.3) is 0 Å². The Labute approximate surface area is 356 Å². The van der Waals surface area contributed by atoms with Gasteiger partial charge < -0.3 is 4.42 Å². The number of nitrogens with zero attached hydrogens (tertiary/aromatic N) is 2. The zero-order chi connectivity index (χ0) is 41.0. The average Bonchev–Trinajstić information content (AvgIpc) is 3.88. The second kappa shape index (κ2) is 13.1. The average molecular weight is 783 g/mol. The summed E-state index contributed by atoms with van der Waals surface area (Å²) < 4.78 is 6.22. The molecule has 2 aliphatic carbocycles. The van der Waals surface area contributed by atoms with Crippen molar-refractivity contribution in [3.63, 3.8) is 0 Å². The third-order valence-electron chi connectivity index (χ3n) is 13.5. The molecule has 3 nitrogen and oxygen atoms in total. The van der Waals surface area contributed by atoms with Gasteiger partial charge in [-0.2, -0.15) is 0 Å². The molecule has 0 aliphatic heterocycles. The second-order valence-electron chi connectivity index (χ2n) is 17.8. The molecule has 0 spiro atoms. The van der Waals surface area contributed by atoms with Gasteiger partial charge in [-0.25, -0.2) is 9.97 Å². The number of para-hydroxylation sites is 1. The van der Waals surface area contributed by atoms with Crippen LogP contribution in [0, 0.1) is 0 Å². The first-order valence-electron chi connectivity index (χ1n) is 21.2. The monoisotopic (exact) mass is 782 g/mol. The van der Waals surface area contributed by atoms with Crippen LogP contribution < -0.4 is 0 Å². The Hall–Kier alpha value is -7.36. The second-order valence-corrected chi connectivity index (χ2v) is 17.8. The van der Waals surface area contributed by atoms with Crippen molar-refractivity contribution in [1.29, 1.82) is 0 Å². The molecule has 290 valence electrons. The smallest absolute Gasteiger partial charge is 0.160 e. The highest BCUT2D eigenvalue weighted by Gasteiger charge is 2.36. The molecule has 2 aromatic heterocycles. The zero-order valence-corrected chi connectivity index (χ0v) is 34.6. The largest absolute Gasteiger partial charge is 0.456 e. The molecule has 0 fully saturated rings. The van der Waals surface area contributed by atoms with E-state index in [2.05, 4.69) is 179 Å². The zero-order valence-electron chi connectivity index (χ0n) is 34.6. The van der Waals surface area contributed by atoms with Crippen LogP contribution in [0.5, 0.6) is 0 Å². The maximum absolute atomic E-state index is 6.22. The Morgan fingerprint density at radius 1 is 0.328 bits per heavy atom. The predicted molar refractivity (Wildman–Crippen MR) is 252 cm³/mol. The van der Waals surface area contributed by atoms with Gasteiger partial charge in [0.1, 0.15) is 11.2 Å². The minimum atomic E-state index is -0.0666. The summed E-state index contributed by atoms with van der Waals surface area (Å²) >= 11 is 0. The lowest BCUT2D eigenvalue weighted by molar-refractivity contribution is 0.660. The lowest BCUT2D eigenvalue weighted by Gasteiger charge is -2.21. The van der Waals surface area contributed by atoms with Crippen LogP contribution >= 0.6 is 0 Å². The first-order chi connectivity index (χ1) is 29.7. The van der Waals surface area contributed by atoms with E-state index in [1.165, 1.54) is 55.6 Å². The van der Waals surface area contributed by atoms with Gasteiger partial charge in [0.2, 0.25) is 0 Å². The molecule has 3 heteroatoms. The first kappa shape index (κ1) is 35.6. The van der Waals surface area contributed by atoms with E-state index in [9.17, 15) is 0 Å². The third kappa shape index (κ3) is 5.50. The van der Waals surface area contributed by atoms with Crippen LogP contribution in [0.3, 0.4) is 0 Å². The van der Waals surface area contributed by atoms with E-state index in [0.29, 0.717) is 5.82 Å². The molecule has 10 aromatic rings. The molecule has 0 amide bonds. The molecule has 0 saturated carbocycles. The molecule has 0 bridgehead atoms. The van der Waals surface area contributed by atoms with Crippen molar-refractivity contribution in [2.45, 2.75) is 38.5 Å². The Balaban J connectivity index is 1.08. The van der Waals surface area contributed by atoms with Crippen LogP contribution in [0.1, 0.15) is 49.9 Å². The molecule has 12 rings (SSSR count). The Bertz CT molecular complexity index is 3300. The molecular formula is C58H42N2O. The summed E-state index contributed by atoms with van der Waals surface area (Å²) in [7, 11) is 0. The fourth-order valence-corrected chi connectivity index (χ4v) is 10.3. The normalized spacial score (nSPS) is 14.2. The van der Waals surface area contributed by atoms with Gasteiger partial charge >= 0.3 is 0 Å². The molecular weight excluding hydrogens is 741 g/mol. The van der Waals surface area contributed by atoms with Crippen LogP contribution in [-0.4, -0.2) is 9.97 Å². The number of aromatic nitrogens is 2. The molecule has 61 heavy (non-hydrogen) atoms. The highest BCUT2D eigenvalue weighted by Crippen LogP contribution is 2.51. The number of hydrogen-bond donors (Lipinski definition) is 0. The van der Waals surface area contributed by atoms with Crippen LogP contribution in [-0.2, 0) is 10.8 Å². The van der Waals surface area contributed by atoms with E-state index in [0.717, 1.165) is 61.1 Å². The van der Waals surface area contributed by atoms with Gasteiger partial charge in [0.05, 0.1) is 11.4 Å². The van der Waals surface area contributed by atoms with E-state index < -0.39 is 0 Å². The molecule has 0 radical (unpaired) electrons. The van der Waals surface area contributed by atoms with Gasteiger partial charge in [-0.3, -0.25) is 0 Å². The van der Waals surface area contributed by atoms with E-state index in [4.69, 9.17) is 14.4 Å². The van der Waals surface area contributed by atoms with Crippen LogP contribution in [0.15, 0.2) is 186 Å². The van der Waals surface area contributed by atoms with Gasteiger partial charge in [-0.1, -0.05) is 149 Å². The summed E-state index contributed by atoms with van der Waals surface area (Å²) in [5.41, 5.74) is 21.7. The first-order valence-corrected chi connectivity index (χ1v) is 21.2. The van der Waals surface area contributed by atoms with Crippen molar-refractivity contribution in [3.8, 4) is 78.4 Å². The van der Waals surface area contributed by atoms with Gasteiger partial charge in [0, 0.05) is 38.3 Å². The molecule has 2 aliphatic rings. The SMILES string of the molecule is CC1(C)c2ccccc2-c2cc(-c3cc(-c4ccc5c(c4)-c4ccccc4C5(C)C)cc(-c4cc(-c5ccc6oc7ccccc7c6c5)nc(-c5ccccc5)n4)c3)ccc21. The van der Waals surface area contributed by atoms with Gasteiger partial charge in [-0.05, 0) is 127 Å². The minimum Gasteiger partial charge on any atom is -0.456 e. The van der Waals surface area contributed by atoms with Crippen molar-refractivity contribution >= 4 is 21.9 Å². The number of furan rings is 1. The number of rotatable bonds is 5. The fourth-order valence-electron chi connectivity index (χ4n) is 10.3. The molecule has 0 atom stereocenters. The summed E-state index contributed by atoms with van der Waals surface area (Å²) in [6.07, 6.45) is 0.